The quantitative estimate of drug-likeness (QED) is 0.523. The van der Waals surface area contributed by atoms with Gasteiger partial charge in [0, 0.05) is 5.69 Å². The van der Waals surface area contributed by atoms with E-state index in [2.05, 4.69) is 5.32 Å². The Morgan fingerprint density at radius 2 is 2.25 bits per heavy atom. The number of anilines is 1. The van der Waals surface area contributed by atoms with Gasteiger partial charge in [-0.2, -0.15) is 0 Å². The van der Waals surface area contributed by atoms with Gasteiger partial charge in [-0.3, -0.25) is 0 Å². The second kappa shape index (κ2) is 2.77. The fraction of sp³-hybridized carbons (Fsp3) is 0.333. The molecule has 3 heteroatoms. The van der Waals surface area contributed by atoms with Crippen LogP contribution >= 0.6 is 0 Å². The minimum absolute atomic E-state index is 0.0256. The van der Waals surface area contributed by atoms with Crippen molar-refractivity contribution in [2.45, 2.75) is 18.7 Å². The van der Waals surface area contributed by atoms with Crippen LogP contribution in [0.2, 0.25) is 0 Å². The van der Waals surface area contributed by atoms with Gasteiger partial charge in [0.2, 0.25) is 0 Å². The van der Waals surface area contributed by atoms with Gasteiger partial charge in [0.1, 0.15) is 6.23 Å². The molecule has 64 valence electrons. The number of aliphatic hydroxyl groups excluding tert-OH is 1. The lowest BCUT2D eigenvalue weighted by molar-refractivity contribution is 0.161. The molecule has 4 N–H and O–H groups in total. The van der Waals surface area contributed by atoms with E-state index >= 15 is 0 Å². The standard InChI is InChI=1S/C9H12N2O/c10-9(12)8-5-6-3-1-2-4-7(6)11-8/h1-4,8-9,11-12H,5,10H2. The summed E-state index contributed by atoms with van der Waals surface area (Å²) in [5.41, 5.74) is 7.69. The molecule has 1 aliphatic heterocycles. The van der Waals surface area contributed by atoms with E-state index in [0.717, 1.165) is 12.1 Å². The Morgan fingerprint density at radius 1 is 1.50 bits per heavy atom. The molecule has 0 spiro atoms. The molecular weight excluding hydrogens is 152 g/mol. The summed E-state index contributed by atoms with van der Waals surface area (Å²) in [5.74, 6) is 0. The molecule has 0 saturated heterocycles. The molecule has 1 aromatic carbocycles. The van der Waals surface area contributed by atoms with Crippen molar-refractivity contribution in [3.8, 4) is 0 Å². The Balaban J connectivity index is 2.22. The number of hydrogen-bond donors (Lipinski definition) is 3. The monoisotopic (exact) mass is 164 g/mol. The Bertz CT molecular complexity index is 261. The third-order valence-electron chi connectivity index (χ3n) is 2.21. The lowest BCUT2D eigenvalue weighted by atomic mass is 10.1. The third-order valence-corrected chi connectivity index (χ3v) is 2.21. The van der Waals surface area contributed by atoms with Crippen LogP contribution in [-0.4, -0.2) is 17.4 Å². The van der Waals surface area contributed by atoms with Crippen LogP contribution in [0.4, 0.5) is 5.69 Å². The van der Waals surface area contributed by atoms with Crippen molar-refractivity contribution in [3.63, 3.8) is 0 Å². The van der Waals surface area contributed by atoms with Crippen LogP contribution in [0.25, 0.3) is 0 Å². The van der Waals surface area contributed by atoms with Crippen molar-refractivity contribution >= 4 is 5.69 Å². The van der Waals surface area contributed by atoms with Gasteiger partial charge < -0.3 is 16.2 Å². The molecule has 0 aromatic heterocycles. The number of rotatable bonds is 1. The lowest BCUT2D eigenvalue weighted by Gasteiger charge is -2.13. The summed E-state index contributed by atoms with van der Waals surface area (Å²) >= 11 is 0. The van der Waals surface area contributed by atoms with Crippen LogP contribution < -0.4 is 11.1 Å². The number of hydrogen-bond acceptors (Lipinski definition) is 3. The van der Waals surface area contributed by atoms with E-state index in [9.17, 15) is 0 Å². The zero-order valence-corrected chi connectivity index (χ0v) is 6.70. The number of nitrogens with two attached hydrogens (primary N) is 1. The van der Waals surface area contributed by atoms with Gasteiger partial charge in [-0.1, -0.05) is 18.2 Å². The largest absolute Gasteiger partial charge is 0.378 e. The van der Waals surface area contributed by atoms with Crippen LogP contribution in [0.5, 0.6) is 0 Å². The van der Waals surface area contributed by atoms with E-state index in [1.807, 2.05) is 24.3 Å². The smallest absolute Gasteiger partial charge is 0.123 e. The minimum Gasteiger partial charge on any atom is -0.378 e. The molecule has 1 aromatic rings. The van der Waals surface area contributed by atoms with E-state index in [-0.39, 0.29) is 6.04 Å². The van der Waals surface area contributed by atoms with E-state index in [1.54, 1.807) is 0 Å². The minimum atomic E-state index is -0.780. The average Bonchev–Trinajstić information content (AvgIpc) is 2.46. The molecule has 2 rings (SSSR count). The molecule has 1 aliphatic rings. The van der Waals surface area contributed by atoms with E-state index < -0.39 is 6.23 Å². The van der Waals surface area contributed by atoms with Crippen LogP contribution in [0.3, 0.4) is 0 Å². The van der Waals surface area contributed by atoms with Gasteiger partial charge in [0.05, 0.1) is 6.04 Å². The van der Waals surface area contributed by atoms with Crippen LogP contribution in [-0.2, 0) is 6.42 Å². The summed E-state index contributed by atoms with van der Waals surface area (Å²) in [6, 6.07) is 7.98. The number of nitrogens with one attached hydrogen (secondary N) is 1. The maximum Gasteiger partial charge on any atom is 0.123 e. The number of aliphatic hydroxyl groups is 1. The first-order valence-electron chi connectivity index (χ1n) is 4.05. The topological polar surface area (TPSA) is 58.3 Å². The summed E-state index contributed by atoms with van der Waals surface area (Å²) in [4.78, 5) is 0. The van der Waals surface area contributed by atoms with Gasteiger partial charge in [-0.25, -0.2) is 0 Å². The molecule has 0 aliphatic carbocycles. The molecule has 0 amide bonds. The summed E-state index contributed by atoms with van der Waals surface area (Å²) in [7, 11) is 0. The van der Waals surface area contributed by atoms with Gasteiger partial charge in [-0.15, -0.1) is 0 Å². The average molecular weight is 164 g/mol. The molecule has 1 heterocycles. The summed E-state index contributed by atoms with van der Waals surface area (Å²) < 4.78 is 0. The molecule has 12 heavy (non-hydrogen) atoms. The number of para-hydroxylation sites is 1. The molecule has 0 fully saturated rings. The molecule has 0 saturated carbocycles. The first-order chi connectivity index (χ1) is 5.77. The van der Waals surface area contributed by atoms with Crippen LogP contribution in [0, 0.1) is 0 Å². The lowest BCUT2D eigenvalue weighted by Crippen LogP contribution is -2.38. The fourth-order valence-electron chi connectivity index (χ4n) is 1.53. The highest BCUT2D eigenvalue weighted by atomic mass is 16.3. The Hall–Kier alpha value is -1.06. The SMILES string of the molecule is NC(O)C1Cc2ccccc2N1. The Labute approximate surface area is 71.2 Å². The van der Waals surface area contributed by atoms with E-state index in [4.69, 9.17) is 10.8 Å². The van der Waals surface area contributed by atoms with Crippen molar-refractivity contribution in [3.05, 3.63) is 29.8 Å². The number of benzene rings is 1. The van der Waals surface area contributed by atoms with Gasteiger partial charge in [-0.05, 0) is 18.1 Å². The Morgan fingerprint density at radius 3 is 2.92 bits per heavy atom. The predicted octanol–water partition coefficient (Wildman–Crippen LogP) is 0.300. The first kappa shape index (κ1) is 7.58. The highest BCUT2D eigenvalue weighted by molar-refractivity contribution is 5.56. The highest BCUT2D eigenvalue weighted by Crippen LogP contribution is 2.25. The molecule has 0 bridgehead atoms. The second-order valence-electron chi connectivity index (χ2n) is 3.10. The molecule has 2 unspecified atom stereocenters. The third kappa shape index (κ3) is 1.17. The second-order valence-corrected chi connectivity index (χ2v) is 3.10. The van der Waals surface area contributed by atoms with E-state index in [0.29, 0.717) is 0 Å². The predicted molar refractivity (Wildman–Crippen MR) is 47.8 cm³/mol. The summed E-state index contributed by atoms with van der Waals surface area (Å²) in [6.07, 6.45) is 0.0331. The van der Waals surface area contributed by atoms with Gasteiger partial charge in [0.25, 0.3) is 0 Å². The normalized spacial score (nSPS) is 23.0. The van der Waals surface area contributed by atoms with Gasteiger partial charge in [0.15, 0.2) is 0 Å². The molecule has 2 atom stereocenters. The maximum atomic E-state index is 9.14. The van der Waals surface area contributed by atoms with Crippen molar-refractivity contribution in [1.29, 1.82) is 0 Å². The van der Waals surface area contributed by atoms with Gasteiger partial charge >= 0.3 is 0 Å². The summed E-state index contributed by atoms with van der Waals surface area (Å²) in [6.45, 7) is 0. The molecular formula is C9H12N2O. The maximum absolute atomic E-state index is 9.14. The van der Waals surface area contributed by atoms with Crippen LogP contribution in [0.1, 0.15) is 5.56 Å². The van der Waals surface area contributed by atoms with Crippen molar-refractivity contribution in [1.82, 2.24) is 0 Å². The van der Waals surface area contributed by atoms with Crippen molar-refractivity contribution < 1.29 is 5.11 Å². The first-order valence-corrected chi connectivity index (χ1v) is 4.05. The molecule has 3 nitrogen and oxygen atoms in total. The fourth-order valence-corrected chi connectivity index (χ4v) is 1.53. The Kier molecular flexibility index (Phi) is 1.75. The molecule has 0 radical (unpaired) electrons. The number of fused-ring (bicyclic) bond motifs is 1. The zero-order chi connectivity index (χ0) is 8.55. The van der Waals surface area contributed by atoms with Crippen LogP contribution in [0.15, 0.2) is 24.3 Å². The van der Waals surface area contributed by atoms with Crippen molar-refractivity contribution in [2.24, 2.45) is 5.73 Å². The summed E-state index contributed by atoms with van der Waals surface area (Å²) in [5, 5.41) is 12.3. The van der Waals surface area contributed by atoms with Crippen molar-refractivity contribution in [2.75, 3.05) is 5.32 Å². The highest BCUT2D eigenvalue weighted by Gasteiger charge is 2.23. The zero-order valence-electron chi connectivity index (χ0n) is 6.70. The van der Waals surface area contributed by atoms with E-state index in [1.165, 1.54) is 5.56 Å².